The first-order valence-corrected chi connectivity index (χ1v) is 10.7. The molecule has 1 aliphatic rings. The van der Waals surface area contributed by atoms with E-state index in [-0.39, 0.29) is 29.8 Å². The molecular formula is C19H28N2O5S. The summed E-state index contributed by atoms with van der Waals surface area (Å²) in [5, 5.41) is 2.87. The largest absolute Gasteiger partial charge is 0.453 e. The van der Waals surface area contributed by atoms with Crippen LogP contribution in [0, 0.1) is 13.8 Å². The van der Waals surface area contributed by atoms with E-state index in [1.165, 1.54) is 13.0 Å². The van der Waals surface area contributed by atoms with Gasteiger partial charge in [0.05, 0.1) is 11.3 Å². The molecule has 0 heterocycles. The van der Waals surface area contributed by atoms with Crippen molar-refractivity contribution in [2.75, 3.05) is 6.54 Å². The van der Waals surface area contributed by atoms with Crippen LogP contribution in [0.5, 0.6) is 0 Å². The van der Waals surface area contributed by atoms with Crippen molar-refractivity contribution in [3.05, 3.63) is 29.3 Å². The summed E-state index contributed by atoms with van der Waals surface area (Å²) in [6.07, 6.45) is 3.05. The van der Waals surface area contributed by atoms with Gasteiger partial charge in [-0.3, -0.25) is 9.59 Å². The number of ether oxygens (including phenoxy) is 1. The summed E-state index contributed by atoms with van der Waals surface area (Å²) in [6.45, 7) is 5.16. The zero-order valence-electron chi connectivity index (χ0n) is 16.1. The molecule has 7 nitrogen and oxygen atoms in total. The summed E-state index contributed by atoms with van der Waals surface area (Å²) >= 11 is 0. The molecule has 1 amide bonds. The van der Waals surface area contributed by atoms with Crippen molar-refractivity contribution in [3.63, 3.8) is 0 Å². The molecule has 0 saturated heterocycles. The van der Waals surface area contributed by atoms with E-state index in [2.05, 4.69) is 10.0 Å². The summed E-state index contributed by atoms with van der Waals surface area (Å²) in [5.41, 5.74) is 1.88. The molecule has 2 N–H and O–H groups in total. The van der Waals surface area contributed by atoms with Crippen molar-refractivity contribution in [2.45, 2.75) is 69.9 Å². The molecule has 1 saturated carbocycles. The second-order valence-corrected chi connectivity index (χ2v) is 8.78. The molecule has 8 heteroatoms. The fourth-order valence-electron chi connectivity index (χ4n) is 2.95. The summed E-state index contributed by atoms with van der Waals surface area (Å²) in [6, 6.07) is 5.01. The Morgan fingerprint density at radius 3 is 2.48 bits per heavy atom. The number of rotatable bonds is 8. The lowest BCUT2D eigenvalue weighted by Gasteiger charge is -2.17. The van der Waals surface area contributed by atoms with Crippen LogP contribution in [-0.2, 0) is 24.3 Å². The van der Waals surface area contributed by atoms with Crippen molar-refractivity contribution < 1.29 is 22.7 Å². The van der Waals surface area contributed by atoms with Gasteiger partial charge in [-0.1, -0.05) is 18.9 Å². The number of carbonyl (C=O) groups is 2. The normalized spacial score (nSPS) is 16.1. The van der Waals surface area contributed by atoms with E-state index in [1.54, 1.807) is 12.1 Å². The number of carbonyl (C=O) groups excluding carboxylic acids is 2. The standard InChI is InChI=1S/C19H28N2O5S/c1-13-8-9-17(12-14(13)2)27(24,25)20-11-10-18(22)26-15(3)19(23)21-16-6-4-5-7-16/h8-9,12,15-16,20H,4-7,10-11H2,1-3H3,(H,21,23)/t15-/m1/s1. The predicted molar refractivity (Wildman–Crippen MR) is 102 cm³/mol. The second-order valence-electron chi connectivity index (χ2n) is 7.02. The monoisotopic (exact) mass is 396 g/mol. The van der Waals surface area contributed by atoms with E-state index >= 15 is 0 Å². The first-order valence-electron chi connectivity index (χ1n) is 9.26. The van der Waals surface area contributed by atoms with Crippen LogP contribution >= 0.6 is 0 Å². The molecule has 1 aromatic carbocycles. The van der Waals surface area contributed by atoms with Crippen molar-refractivity contribution >= 4 is 21.9 Å². The van der Waals surface area contributed by atoms with Crippen LogP contribution < -0.4 is 10.0 Å². The Bertz CT molecular complexity index is 785. The minimum atomic E-state index is -3.69. The van der Waals surface area contributed by atoms with Crippen LogP contribution in [0.1, 0.15) is 50.2 Å². The van der Waals surface area contributed by atoms with Crippen molar-refractivity contribution in [3.8, 4) is 0 Å². The smallest absolute Gasteiger partial charge is 0.307 e. The average Bonchev–Trinajstić information content (AvgIpc) is 3.09. The molecule has 1 aliphatic carbocycles. The summed E-state index contributed by atoms with van der Waals surface area (Å²) in [4.78, 5) is 24.0. The van der Waals surface area contributed by atoms with Crippen molar-refractivity contribution in [1.82, 2.24) is 10.0 Å². The highest BCUT2D eigenvalue weighted by Crippen LogP contribution is 2.18. The summed E-state index contributed by atoms with van der Waals surface area (Å²) in [7, 11) is -3.69. The third kappa shape index (κ3) is 6.32. The van der Waals surface area contributed by atoms with Gasteiger partial charge in [0.2, 0.25) is 10.0 Å². The first-order chi connectivity index (χ1) is 12.7. The molecule has 0 unspecified atom stereocenters. The molecule has 1 atom stereocenters. The van der Waals surface area contributed by atoms with Gasteiger partial charge in [0.15, 0.2) is 6.10 Å². The summed E-state index contributed by atoms with van der Waals surface area (Å²) < 4.78 is 32.0. The average molecular weight is 397 g/mol. The van der Waals surface area contributed by atoms with Gasteiger partial charge in [0.1, 0.15) is 0 Å². The number of aryl methyl sites for hydroxylation is 2. The molecule has 2 rings (SSSR count). The molecule has 0 aromatic heterocycles. The topological polar surface area (TPSA) is 102 Å². The molecule has 0 aliphatic heterocycles. The molecule has 150 valence electrons. The van der Waals surface area contributed by atoms with E-state index in [9.17, 15) is 18.0 Å². The Morgan fingerprint density at radius 2 is 1.85 bits per heavy atom. The minimum absolute atomic E-state index is 0.0922. The van der Waals surface area contributed by atoms with Crippen molar-refractivity contribution in [2.24, 2.45) is 0 Å². The third-order valence-electron chi connectivity index (χ3n) is 4.79. The zero-order chi connectivity index (χ0) is 20.0. The van der Waals surface area contributed by atoms with E-state index in [0.29, 0.717) is 0 Å². The number of benzene rings is 1. The lowest BCUT2D eigenvalue weighted by atomic mass is 10.1. The van der Waals surface area contributed by atoms with Gasteiger partial charge in [-0.2, -0.15) is 0 Å². The van der Waals surface area contributed by atoms with Gasteiger partial charge < -0.3 is 10.1 Å². The van der Waals surface area contributed by atoms with Crippen molar-refractivity contribution in [1.29, 1.82) is 0 Å². The highest BCUT2D eigenvalue weighted by atomic mass is 32.2. The summed E-state index contributed by atoms with van der Waals surface area (Å²) in [5.74, 6) is -0.933. The molecule has 1 aromatic rings. The highest BCUT2D eigenvalue weighted by molar-refractivity contribution is 7.89. The van der Waals surface area contributed by atoms with Gasteiger partial charge in [-0.15, -0.1) is 0 Å². The predicted octanol–water partition coefficient (Wildman–Crippen LogP) is 1.96. The lowest BCUT2D eigenvalue weighted by molar-refractivity contribution is -0.154. The number of esters is 1. The fourth-order valence-corrected chi connectivity index (χ4v) is 4.07. The van der Waals surface area contributed by atoms with Crippen LogP contribution in [0.2, 0.25) is 0 Å². The van der Waals surface area contributed by atoms with E-state index in [4.69, 9.17) is 4.74 Å². The number of sulfonamides is 1. The van der Waals surface area contributed by atoms with E-state index < -0.39 is 22.1 Å². The lowest BCUT2D eigenvalue weighted by Crippen LogP contribution is -2.41. The maximum Gasteiger partial charge on any atom is 0.307 e. The maximum absolute atomic E-state index is 12.3. The van der Waals surface area contributed by atoms with Crippen LogP contribution in [0.4, 0.5) is 0 Å². The Hall–Kier alpha value is -1.93. The fraction of sp³-hybridized carbons (Fsp3) is 0.579. The molecule has 0 bridgehead atoms. The highest BCUT2D eigenvalue weighted by Gasteiger charge is 2.23. The number of hydrogen-bond donors (Lipinski definition) is 2. The molecule has 1 fully saturated rings. The maximum atomic E-state index is 12.3. The third-order valence-corrected chi connectivity index (χ3v) is 6.25. The van der Waals surface area contributed by atoms with E-state index in [1.807, 2.05) is 13.8 Å². The molecule has 0 spiro atoms. The van der Waals surface area contributed by atoms with Crippen LogP contribution in [0.3, 0.4) is 0 Å². The number of nitrogens with one attached hydrogen (secondary N) is 2. The number of hydrogen-bond acceptors (Lipinski definition) is 5. The Labute approximate surface area is 160 Å². The quantitative estimate of drug-likeness (QED) is 0.654. The Morgan fingerprint density at radius 1 is 1.19 bits per heavy atom. The van der Waals surface area contributed by atoms with Crippen LogP contribution in [-0.4, -0.2) is 39.0 Å². The van der Waals surface area contributed by atoms with Crippen LogP contribution in [0.15, 0.2) is 23.1 Å². The second kappa shape index (κ2) is 9.32. The first kappa shape index (κ1) is 21.4. The van der Waals surface area contributed by atoms with Crippen LogP contribution in [0.25, 0.3) is 0 Å². The Kier molecular flexibility index (Phi) is 7.38. The zero-order valence-corrected chi connectivity index (χ0v) is 16.9. The number of amides is 1. The molecule has 27 heavy (non-hydrogen) atoms. The Balaban J connectivity index is 1.77. The van der Waals surface area contributed by atoms with Gasteiger partial charge in [0, 0.05) is 12.6 Å². The van der Waals surface area contributed by atoms with Gasteiger partial charge >= 0.3 is 5.97 Å². The van der Waals surface area contributed by atoms with Gasteiger partial charge in [-0.05, 0) is 56.9 Å². The van der Waals surface area contributed by atoms with Gasteiger partial charge in [0.25, 0.3) is 5.91 Å². The van der Waals surface area contributed by atoms with Gasteiger partial charge in [-0.25, -0.2) is 13.1 Å². The SMILES string of the molecule is Cc1ccc(S(=O)(=O)NCCC(=O)O[C@H](C)C(=O)NC2CCCC2)cc1C. The minimum Gasteiger partial charge on any atom is -0.453 e. The molecular weight excluding hydrogens is 368 g/mol. The molecule has 0 radical (unpaired) electrons. The van der Waals surface area contributed by atoms with E-state index in [0.717, 1.165) is 36.8 Å².